The van der Waals surface area contributed by atoms with E-state index < -0.39 is 5.56 Å². The van der Waals surface area contributed by atoms with Crippen molar-refractivity contribution in [1.82, 2.24) is 24.8 Å². The average molecular weight is 420 g/mol. The SMILES string of the molecule is Cl.Cn1ccnc1C1CNCCN1C(=O)c1cc2c([nH]c1=O)CC(C)(C)CC2=O. The van der Waals surface area contributed by atoms with Gasteiger partial charge in [0.1, 0.15) is 17.4 Å². The van der Waals surface area contributed by atoms with Crippen LogP contribution >= 0.6 is 12.4 Å². The Kier molecular flexibility index (Phi) is 5.69. The summed E-state index contributed by atoms with van der Waals surface area (Å²) in [4.78, 5) is 47.4. The summed E-state index contributed by atoms with van der Waals surface area (Å²) in [7, 11) is 1.88. The van der Waals surface area contributed by atoms with Crippen molar-refractivity contribution in [2.45, 2.75) is 32.7 Å². The number of carbonyl (C=O) groups is 2. The van der Waals surface area contributed by atoms with E-state index in [-0.39, 0.29) is 41.1 Å². The number of aryl methyl sites for hydroxylation is 1. The summed E-state index contributed by atoms with van der Waals surface area (Å²) in [6.45, 7) is 5.68. The van der Waals surface area contributed by atoms with Crippen LogP contribution in [0, 0.1) is 5.41 Å². The highest BCUT2D eigenvalue weighted by Gasteiger charge is 2.35. The number of pyridine rings is 1. The second-order valence-corrected chi connectivity index (χ2v) is 8.46. The van der Waals surface area contributed by atoms with Crippen molar-refractivity contribution in [3.05, 3.63) is 51.5 Å². The second kappa shape index (κ2) is 7.76. The number of aromatic nitrogens is 3. The molecule has 0 saturated carbocycles. The third-order valence-corrected chi connectivity index (χ3v) is 5.61. The van der Waals surface area contributed by atoms with Gasteiger partial charge in [-0.2, -0.15) is 0 Å². The fraction of sp³-hybridized carbons (Fsp3) is 0.500. The molecule has 2 aromatic rings. The van der Waals surface area contributed by atoms with Crippen molar-refractivity contribution in [2.75, 3.05) is 19.6 Å². The first kappa shape index (κ1) is 21.3. The van der Waals surface area contributed by atoms with Gasteiger partial charge in [0, 0.05) is 56.8 Å². The van der Waals surface area contributed by atoms with E-state index in [0.29, 0.717) is 43.7 Å². The van der Waals surface area contributed by atoms with Crippen molar-refractivity contribution in [1.29, 1.82) is 0 Å². The van der Waals surface area contributed by atoms with Gasteiger partial charge in [0.2, 0.25) is 0 Å². The third kappa shape index (κ3) is 3.86. The minimum absolute atomic E-state index is 0. The molecule has 1 unspecified atom stereocenters. The first-order chi connectivity index (χ1) is 13.3. The van der Waals surface area contributed by atoms with Crippen molar-refractivity contribution < 1.29 is 9.59 Å². The molecule has 9 heteroatoms. The highest BCUT2D eigenvalue weighted by Crippen LogP contribution is 2.33. The van der Waals surface area contributed by atoms with E-state index >= 15 is 0 Å². The molecule has 0 bridgehead atoms. The fourth-order valence-electron chi connectivity index (χ4n) is 4.22. The predicted molar refractivity (Wildman–Crippen MR) is 111 cm³/mol. The molecule has 2 N–H and O–H groups in total. The summed E-state index contributed by atoms with van der Waals surface area (Å²) in [6.07, 6.45) is 4.54. The predicted octanol–water partition coefficient (Wildman–Crippen LogP) is 1.47. The van der Waals surface area contributed by atoms with Crippen LogP contribution in [0.1, 0.15) is 58.5 Å². The molecule has 156 valence electrons. The zero-order chi connectivity index (χ0) is 20.1. The number of aromatic amines is 1. The Labute approximate surface area is 175 Å². The first-order valence-electron chi connectivity index (χ1n) is 9.55. The van der Waals surface area contributed by atoms with Gasteiger partial charge < -0.3 is 19.8 Å². The molecule has 1 amide bonds. The standard InChI is InChI=1S/C20H25N5O3.ClH/c1-20(2)9-14-12(16(26)10-20)8-13(18(27)23-14)19(28)25-7-4-21-11-15(25)17-22-5-6-24(17)3;/h5-6,8,15,21H,4,7,9-11H2,1-3H3,(H,23,27);1H. The van der Waals surface area contributed by atoms with Gasteiger partial charge >= 0.3 is 0 Å². The van der Waals surface area contributed by atoms with Crippen molar-refractivity contribution in [3.8, 4) is 0 Å². The van der Waals surface area contributed by atoms with Crippen LogP contribution in [0.4, 0.5) is 0 Å². The lowest BCUT2D eigenvalue weighted by Crippen LogP contribution is -2.50. The molecule has 0 spiro atoms. The van der Waals surface area contributed by atoms with Crippen LogP contribution in [0.5, 0.6) is 0 Å². The van der Waals surface area contributed by atoms with Gasteiger partial charge in [0.15, 0.2) is 5.78 Å². The Morgan fingerprint density at radius 1 is 1.28 bits per heavy atom. The lowest BCUT2D eigenvalue weighted by atomic mass is 9.75. The minimum Gasteiger partial charge on any atom is -0.336 e. The van der Waals surface area contributed by atoms with Gasteiger partial charge in [-0.3, -0.25) is 14.4 Å². The Hall–Kier alpha value is -2.45. The van der Waals surface area contributed by atoms with Crippen LogP contribution in [0.2, 0.25) is 0 Å². The van der Waals surface area contributed by atoms with Crippen LogP contribution in [-0.4, -0.2) is 50.8 Å². The fourth-order valence-corrected chi connectivity index (χ4v) is 4.22. The van der Waals surface area contributed by atoms with E-state index in [1.54, 1.807) is 11.1 Å². The molecule has 29 heavy (non-hydrogen) atoms. The van der Waals surface area contributed by atoms with Gasteiger partial charge in [0.05, 0.1) is 0 Å². The second-order valence-electron chi connectivity index (χ2n) is 8.46. The van der Waals surface area contributed by atoms with E-state index in [9.17, 15) is 14.4 Å². The molecule has 1 fully saturated rings. The number of rotatable bonds is 2. The highest BCUT2D eigenvalue weighted by atomic mass is 35.5. The maximum Gasteiger partial charge on any atom is 0.261 e. The molecule has 4 rings (SSSR count). The van der Waals surface area contributed by atoms with Crippen LogP contribution in [-0.2, 0) is 13.5 Å². The quantitative estimate of drug-likeness (QED) is 0.767. The molecular weight excluding hydrogens is 394 g/mol. The number of Topliss-reactive ketones (excluding diaryl/α,β-unsaturated/α-hetero) is 1. The number of amides is 1. The van der Waals surface area contributed by atoms with Gasteiger partial charge in [0.25, 0.3) is 11.5 Å². The highest BCUT2D eigenvalue weighted by molar-refractivity contribution is 6.02. The summed E-state index contributed by atoms with van der Waals surface area (Å²) >= 11 is 0. The van der Waals surface area contributed by atoms with Crippen LogP contribution in [0.15, 0.2) is 23.3 Å². The van der Waals surface area contributed by atoms with Crippen molar-refractivity contribution in [2.24, 2.45) is 12.5 Å². The number of nitrogens with zero attached hydrogens (tertiary/aromatic N) is 3. The number of piperazine rings is 1. The largest absolute Gasteiger partial charge is 0.336 e. The Balaban J connectivity index is 0.00000240. The summed E-state index contributed by atoms with van der Waals surface area (Å²) in [5.74, 6) is 0.362. The molecule has 8 nitrogen and oxygen atoms in total. The van der Waals surface area contributed by atoms with Crippen molar-refractivity contribution >= 4 is 24.1 Å². The van der Waals surface area contributed by atoms with Gasteiger partial charge in [-0.05, 0) is 17.9 Å². The van der Waals surface area contributed by atoms with Crippen LogP contribution in [0.3, 0.4) is 0 Å². The minimum atomic E-state index is -0.439. The summed E-state index contributed by atoms with van der Waals surface area (Å²) in [5, 5.41) is 3.28. The molecule has 2 aliphatic rings. The molecule has 1 aliphatic carbocycles. The number of hydrogen-bond donors (Lipinski definition) is 2. The number of ketones is 1. The van der Waals surface area contributed by atoms with Gasteiger partial charge in [-0.1, -0.05) is 13.8 Å². The molecule has 0 aromatic carbocycles. The zero-order valence-electron chi connectivity index (χ0n) is 16.8. The molecular formula is C20H26ClN5O3. The van der Waals surface area contributed by atoms with Crippen LogP contribution in [0.25, 0.3) is 0 Å². The number of carbonyl (C=O) groups excluding carboxylic acids is 2. The summed E-state index contributed by atoms with van der Waals surface area (Å²) in [6, 6.07) is 1.22. The van der Waals surface area contributed by atoms with Gasteiger partial charge in [-0.25, -0.2) is 4.98 Å². The molecule has 1 atom stereocenters. The van der Waals surface area contributed by atoms with E-state index in [1.807, 2.05) is 31.7 Å². The first-order valence-corrected chi connectivity index (χ1v) is 9.55. The molecule has 1 aliphatic heterocycles. The maximum atomic E-state index is 13.3. The van der Waals surface area contributed by atoms with E-state index in [4.69, 9.17) is 0 Å². The van der Waals surface area contributed by atoms with Crippen LogP contribution < -0.4 is 10.9 Å². The zero-order valence-corrected chi connectivity index (χ0v) is 17.6. The molecule has 0 radical (unpaired) electrons. The summed E-state index contributed by atoms with van der Waals surface area (Å²) < 4.78 is 1.88. The topological polar surface area (TPSA) is 100 Å². The molecule has 1 saturated heterocycles. The number of halogens is 1. The Morgan fingerprint density at radius 2 is 2.03 bits per heavy atom. The Morgan fingerprint density at radius 3 is 2.72 bits per heavy atom. The third-order valence-electron chi connectivity index (χ3n) is 5.61. The normalized spacial score (nSPS) is 20.7. The van der Waals surface area contributed by atoms with E-state index in [2.05, 4.69) is 15.3 Å². The van der Waals surface area contributed by atoms with Crippen molar-refractivity contribution in [3.63, 3.8) is 0 Å². The number of hydrogen-bond acceptors (Lipinski definition) is 5. The number of fused-ring (bicyclic) bond motifs is 1. The van der Waals surface area contributed by atoms with Gasteiger partial charge in [-0.15, -0.1) is 12.4 Å². The number of H-pyrrole nitrogens is 1. The summed E-state index contributed by atoms with van der Waals surface area (Å²) in [5.41, 5.74) is 0.481. The molecule has 3 heterocycles. The maximum absolute atomic E-state index is 13.3. The number of imidazole rings is 1. The molecule has 2 aromatic heterocycles. The number of nitrogens with one attached hydrogen (secondary N) is 2. The van der Waals surface area contributed by atoms with E-state index in [0.717, 1.165) is 5.82 Å². The monoisotopic (exact) mass is 419 g/mol. The smallest absolute Gasteiger partial charge is 0.261 e. The lowest BCUT2D eigenvalue weighted by molar-refractivity contribution is 0.0619. The lowest BCUT2D eigenvalue weighted by Gasteiger charge is -2.36. The van der Waals surface area contributed by atoms with E-state index in [1.165, 1.54) is 6.07 Å². The Bertz CT molecular complexity index is 1010. The average Bonchev–Trinajstić information content (AvgIpc) is 3.05.